The van der Waals surface area contributed by atoms with Crippen molar-refractivity contribution in [2.75, 3.05) is 0 Å². The summed E-state index contributed by atoms with van der Waals surface area (Å²) < 4.78 is 5.79. The van der Waals surface area contributed by atoms with Crippen LogP contribution in [0.1, 0.15) is 27.2 Å². The van der Waals surface area contributed by atoms with Crippen molar-refractivity contribution in [3.05, 3.63) is 80.9 Å². The van der Waals surface area contributed by atoms with Crippen LogP contribution in [0.25, 0.3) is 17.4 Å². The lowest BCUT2D eigenvalue weighted by Gasteiger charge is -2.02. The molecule has 1 saturated heterocycles. The molecule has 31 heavy (non-hydrogen) atoms. The molecule has 1 aromatic heterocycles. The molecular weight excluding hydrogens is 436 g/mol. The Kier molecular flexibility index (Phi) is 5.71. The van der Waals surface area contributed by atoms with Gasteiger partial charge in [-0.2, -0.15) is 0 Å². The van der Waals surface area contributed by atoms with Crippen molar-refractivity contribution in [1.29, 1.82) is 0 Å². The Morgan fingerprint density at radius 2 is 1.94 bits per heavy atom. The number of carboxylic acid groups (broad SMARTS) is 1. The highest BCUT2D eigenvalue weighted by Crippen LogP contribution is 2.31. The molecule has 1 fully saturated rings. The van der Waals surface area contributed by atoms with E-state index < -0.39 is 5.97 Å². The number of halogens is 1. The lowest BCUT2D eigenvalue weighted by molar-refractivity contribution is -0.115. The second-order valence-electron chi connectivity index (χ2n) is 6.95. The number of carbonyl (C=O) groups is 2. The number of aryl methyl sites for hydroxylation is 2. The predicted molar refractivity (Wildman–Crippen MR) is 123 cm³/mol. The van der Waals surface area contributed by atoms with Crippen molar-refractivity contribution in [1.82, 2.24) is 5.32 Å². The van der Waals surface area contributed by atoms with Gasteiger partial charge in [-0.15, -0.1) is 0 Å². The number of carbonyl (C=O) groups excluding carboxylic acids is 1. The van der Waals surface area contributed by atoms with Crippen molar-refractivity contribution < 1.29 is 19.1 Å². The summed E-state index contributed by atoms with van der Waals surface area (Å²) in [5, 5.41) is 12.6. The highest BCUT2D eigenvalue weighted by Gasteiger charge is 2.24. The number of thioether (sulfide) groups is 1. The molecule has 2 heterocycles. The summed E-state index contributed by atoms with van der Waals surface area (Å²) in [6.45, 7) is 4.04. The van der Waals surface area contributed by atoms with Crippen LogP contribution >= 0.6 is 23.4 Å². The van der Waals surface area contributed by atoms with Crippen LogP contribution in [0.3, 0.4) is 0 Å². The molecule has 8 heteroatoms. The largest absolute Gasteiger partial charge is 0.478 e. The second-order valence-corrected chi connectivity index (χ2v) is 8.39. The standard InChI is InChI=1S/C23H17ClN2O4S/c1-12-3-5-15(9-13(12)2)25-23-26-21(27)20(31-23)11-16-6-8-19(30-16)14-4-7-18(24)17(10-14)22(28)29/h3-11H,1-2H3,(H,28,29)(H,25,26,27). The zero-order chi connectivity index (χ0) is 22.1. The molecule has 0 saturated carbocycles. The van der Waals surface area contributed by atoms with Gasteiger partial charge in [0.15, 0.2) is 5.17 Å². The smallest absolute Gasteiger partial charge is 0.337 e. The summed E-state index contributed by atoms with van der Waals surface area (Å²) in [4.78, 5) is 28.6. The Bertz CT molecular complexity index is 1280. The van der Waals surface area contributed by atoms with Crippen LogP contribution in [0.15, 0.2) is 62.8 Å². The zero-order valence-corrected chi connectivity index (χ0v) is 18.2. The average molecular weight is 453 g/mol. The number of nitrogens with one attached hydrogen (secondary N) is 1. The molecule has 4 rings (SSSR count). The molecule has 2 N–H and O–H groups in total. The van der Waals surface area contributed by atoms with E-state index in [-0.39, 0.29) is 16.5 Å². The third-order valence-corrected chi connectivity index (χ3v) is 5.99. The number of amides is 1. The Morgan fingerprint density at radius 3 is 2.68 bits per heavy atom. The highest BCUT2D eigenvalue weighted by atomic mass is 35.5. The summed E-state index contributed by atoms with van der Waals surface area (Å²) in [7, 11) is 0. The summed E-state index contributed by atoms with van der Waals surface area (Å²) in [5.41, 5.74) is 3.64. The zero-order valence-electron chi connectivity index (χ0n) is 16.6. The van der Waals surface area contributed by atoms with Crippen LogP contribution in [-0.2, 0) is 4.79 Å². The molecule has 0 spiro atoms. The van der Waals surface area contributed by atoms with E-state index in [1.54, 1.807) is 24.3 Å². The van der Waals surface area contributed by atoms with Gasteiger partial charge in [0.05, 0.1) is 21.2 Å². The Balaban J connectivity index is 1.56. The summed E-state index contributed by atoms with van der Waals surface area (Å²) in [6, 6.07) is 13.9. The van der Waals surface area contributed by atoms with Gasteiger partial charge in [0.1, 0.15) is 11.5 Å². The van der Waals surface area contributed by atoms with Crippen LogP contribution in [-0.4, -0.2) is 22.2 Å². The van der Waals surface area contributed by atoms with Crippen LogP contribution < -0.4 is 5.32 Å². The number of benzene rings is 2. The number of amidine groups is 1. The maximum atomic E-state index is 12.3. The minimum absolute atomic E-state index is 0.00612. The van der Waals surface area contributed by atoms with Crippen LogP contribution in [0.4, 0.5) is 5.69 Å². The van der Waals surface area contributed by atoms with E-state index >= 15 is 0 Å². The van der Waals surface area contributed by atoms with Gasteiger partial charge in [-0.25, -0.2) is 9.79 Å². The average Bonchev–Trinajstić information content (AvgIpc) is 3.32. The molecule has 0 atom stereocenters. The van der Waals surface area contributed by atoms with Crippen LogP contribution in [0.2, 0.25) is 5.02 Å². The van der Waals surface area contributed by atoms with Crippen LogP contribution in [0.5, 0.6) is 0 Å². The molecule has 3 aromatic rings. The van der Waals surface area contributed by atoms with E-state index in [1.807, 2.05) is 32.0 Å². The summed E-state index contributed by atoms with van der Waals surface area (Å²) in [6.07, 6.45) is 1.63. The molecule has 1 aliphatic rings. The fraction of sp³-hybridized carbons (Fsp3) is 0.0870. The van der Waals surface area contributed by atoms with E-state index in [2.05, 4.69) is 10.3 Å². The van der Waals surface area contributed by atoms with Gasteiger partial charge in [0.25, 0.3) is 5.91 Å². The Hall–Kier alpha value is -3.29. The molecule has 2 aromatic carbocycles. The minimum Gasteiger partial charge on any atom is -0.478 e. The van der Waals surface area contributed by atoms with Crippen molar-refractivity contribution in [2.24, 2.45) is 4.99 Å². The quantitative estimate of drug-likeness (QED) is 0.487. The third kappa shape index (κ3) is 4.57. The van der Waals surface area contributed by atoms with E-state index in [9.17, 15) is 14.7 Å². The maximum Gasteiger partial charge on any atom is 0.337 e. The summed E-state index contributed by atoms with van der Waals surface area (Å²) in [5.74, 6) is -0.439. The molecule has 0 unspecified atom stereocenters. The van der Waals surface area contributed by atoms with Crippen molar-refractivity contribution in [2.45, 2.75) is 13.8 Å². The number of carboxylic acids is 1. The number of rotatable bonds is 4. The summed E-state index contributed by atoms with van der Waals surface area (Å²) >= 11 is 7.15. The van der Waals surface area contributed by atoms with Gasteiger partial charge in [-0.05, 0) is 79.2 Å². The van der Waals surface area contributed by atoms with Crippen LogP contribution in [0, 0.1) is 13.8 Å². The highest BCUT2D eigenvalue weighted by molar-refractivity contribution is 8.18. The predicted octanol–water partition coefficient (Wildman–Crippen LogP) is 5.81. The van der Waals surface area contributed by atoms with E-state index in [0.29, 0.717) is 27.2 Å². The van der Waals surface area contributed by atoms with E-state index in [1.165, 1.54) is 29.5 Å². The van der Waals surface area contributed by atoms with Gasteiger partial charge in [-0.3, -0.25) is 4.79 Å². The Labute approximate surface area is 187 Å². The van der Waals surface area contributed by atoms with Crippen molar-refractivity contribution in [3.63, 3.8) is 0 Å². The first-order chi connectivity index (χ1) is 14.8. The van der Waals surface area contributed by atoms with Gasteiger partial charge in [-0.1, -0.05) is 17.7 Å². The normalized spacial score (nSPS) is 16.2. The van der Waals surface area contributed by atoms with Crippen molar-refractivity contribution in [3.8, 4) is 11.3 Å². The van der Waals surface area contributed by atoms with Gasteiger partial charge in [0, 0.05) is 11.6 Å². The Morgan fingerprint density at radius 1 is 1.13 bits per heavy atom. The number of aromatic carboxylic acids is 1. The molecule has 1 aliphatic heterocycles. The third-order valence-electron chi connectivity index (χ3n) is 4.75. The first-order valence-corrected chi connectivity index (χ1v) is 10.5. The number of hydrogen-bond donors (Lipinski definition) is 2. The number of aliphatic imine (C=N–C) groups is 1. The minimum atomic E-state index is -1.12. The fourth-order valence-corrected chi connectivity index (χ4v) is 3.97. The van der Waals surface area contributed by atoms with Gasteiger partial charge in [0.2, 0.25) is 0 Å². The van der Waals surface area contributed by atoms with Gasteiger partial charge < -0.3 is 14.8 Å². The molecular formula is C23H17ClN2O4S. The second kappa shape index (κ2) is 8.45. The fourth-order valence-electron chi connectivity index (χ4n) is 2.95. The van der Waals surface area contributed by atoms with E-state index in [4.69, 9.17) is 16.0 Å². The topological polar surface area (TPSA) is 91.9 Å². The van der Waals surface area contributed by atoms with E-state index in [0.717, 1.165) is 11.3 Å². The monoisotopic (exact) mass is 452 g/mol. The SMILES string of the molecule is Cc1ccc(N=C2NC(=O)C(=Cc3ccc(-c4ccc(Cl)c(C(=O)O)c4)o3)S2)cc1C. The first-order valence-electron chi connectivity index (χ1n) is 9.30. The first kappa shape index (κ1) is 21.0. The molecule has 156 valence electrons. The molecule has 6 nitrogen and oxygen atoms in total. The lowest BCUT2D eigenvalue weighted by Crippen LogP contribution is -2.19. The maximum absolute atomic E-state index is 12.3. The molecule has 0 radical (unpaired) electrons. The molecule has 0 aliphatic carbocycles. The number of furan rings is 1. The van der Waals surface area contributed by atoms with Gasteiger partial charge >= 0.3 is 5.97 Å². The molecule has 1 amide bonds. The number of hydrogen-bond acceptors (Lipinski definition) is 5. The number of nitrogens with zero attached hydrogens (tertiary/aromatic N) is 1. The lowest BCUT2D eigenvalue weighted by atomic mass is 10.1. The van der Waals surface area contributed by atoms with Crippen molar-refractivity contribution >= 4 is 52.2 Å². The molecule has 0 bridgehead atoms.